The molecule has 2 aromatic heterocycles. The minimum Gasteiger partial charge on any atom is -0.589 e. The SMILES string of the molecule is Cc1cccc2c3c(oc12)/N=C/c1ccccc1[O][Al]([O][Al]1[O]c2ccccc2C=Nc2c(oc4c(C)cccc24)/N=C/c2ccccc2[O]1)[O]c1ccccc1C=N3. The highest BCUT2D eigenvalue weighted by atomic mass is 27.3. The molecule has 0 unspecified atom stereocenters. The van der Waals surface area contributed by atoms with Gasteiger partial charge in [0.05, 0.1) is 23.0 Å². The van der Waals surface area contributed by atoms with Gasteiger partial charge in [0.2, 0.25) is 11.8 Å². The van der Waals surface area contributed by atoms with Crippen LogP contribution in [0.5, 0.6) is 23.0 Å². The molecule has 0 fully saturated rings. The van der Waals surface area contributed by atoms with Crippen LogP contribution in [0.25, 0.3) is 21.9 Å². The van der Waals surface area contributed by atoms with E-state index in [1.807, 2.05) is 147 Å². The van der Waals surface area contributed by atoms with E-state index in [9.17, 15) is 0 Å². The first kappa shape index (κ1) is 36.6. The number of hydrogen-bond acceptors (Lipinski definition) is 11. The summed E-state index contributed by atoms with van der Waals surface area (Å²) in [7, 11) is 0. The van der Waals surface area contributed by atoms with Gasteiger partial charge in [0, 0.05) is 57.9 Å². The van der Waals surface area contributed by atoms with Crippen molar-refractivity contribution in [1.29, 1.82) is 0 Å². The molecule has 0 spiro atoms. The minimum atomic E-state index is -3.26. The highest BCUT2D eigenvalue weighted by Gasteiger charge is 2.53. The second-order valence-corrected chi connectivity index (χ2v) is 17.0. The first-order valence-electron chi connectivity index (χ1n) is 18.9. The smallest absolute Gasteiger partial charge is 0.589 e. The molecule has 8 aromatic rings. The molecule has 2 aliphatic heterocycles. The average molecular weight is 807 g/mol. The van der Waals surface area contributed by atoms with Crippen molar-refractivity contribution in [2.45, 2.75) is 13.8 Å². The van der Waals surface area contributed by atoms with Crippen LogP contribution in [0.2, 0.25) is 0 Å². The lowest BCUT2D eigenvalue weighted by atomic mass is 10.1. The Morgan fingerprint density at radius 3 is 1.10 bits per heavy atom. The molecule has 2 aliphatic rings. The van der Waals surface area contributed by atoms with Gasteiger partial charge in [-0.25, -0.2) is 20.0 Å². The standard InChI is InChI=1S/2C23H18N2O3.2Al.O/c2*1-15-7-6-10-18-21(24-13-16-8-2-4-11-19(16)26)23(28-22(15)18)25-14-17-9-3-5-12-20(17)27;;;/h2*2-14,26-27H,1H3;;;/q;;2*+2;/p-4/b2*24-13?,25-14+;;;. The first-order chi connectivity index (χ1) is 29.0. The van der Waals surface area contributed by atoms with Gasteiger partial charge < -0.3 is 26.8 Å². The number of nitrogens with zero attached hydrogens (tertiary/aromatic N) is 4. The molecule has 10 rings (SSSR count). The van der Waals surface area contributed by atoms with E-state index in [0.29, 0.717) is 68.4 Å². The normalized spacial score (nSPS) is 14.6. The molecule has 6 aromatic carbocycles. The molecular formula is C46H32Al2N4O7. The minimum absolute atomic E-state index is 0.372. The summed E-state index contributed by atoms with van der Waals surface area (Å²) in [6, 6.07) is 42.1. The lowest BCUT2D eigenvalue weighted by molar-refractivity contribution is 0.236. The van der Waals surface area contributed by atoms with Crippen LogP contribution in [0, 0.1) is 13.8 Å². The van der Waals surface area contributed by atoms with Gasteiger partial charge >= 0.3 is 30.3 Å². The highest BCUT2D eigenvalue weighted by Crippen LogP contribution is 2.42. The van der Waals surface area contributed by atoms with E-state index in [1.165, 1.54) is 0 Å². The van der Waals surface area contributed by atoms with Crippen LogP contribution in [0.1, 0.15) is 33.4 Å². The number of furan rings is 2. The Balaban J connectivity index is 1.06. The van der Waals surface area contributed by atoms with Gasteiger partial charge in [-0.3, -0.25) is 0 Å². The first-order valence-corrected chi connectivity index (χ1v) is 21.8. The number of para-hydroxylation sites is 6. The fraction of sp³-hybridized carbons (Fsp3) is 0.0435. The summed E-state index contributed by atoms with van der Waals surface area (Å²) in [5.74, 6) is 2.74. The number of hydrogen-bond donors (Lipinski definition) is 0. The van der Waals surface area contributed by atoms with Gasteiger partial charge in [-0.05, 0) is 85.6 Å². The summed E-state index contributed by atoms with van der Waals surface area (Å²) < 4.78 is 46.4. The van der Waals surface area contributed by atoms with E-state index in [1.54, 1.807) is 24.9 Å². The number of aryl methyl sites for hydroxylation is 2. The van der Waals surface area contributed by atoms with E-state index < -0.39 is 30.3 Å². The van der Waals surface area contributed by atoms with Gasteiger partial charge in [0.1, 0.15) is 22.5 Å². The Bertz CT molecular complexity index is 2810. The molecule has 13 heteroatoms. The summed E-state index contributed by atoms with van der Waals surface area (Å²) in [5, 5.41) is 1.70. The molecule has 0 saturated carbocycles. The fourth-order valence-corrected chi connectivity index (χ4v) is 10.3. The van der Waals surface area contributed by atoms with E-state index >= 15 is 0 Å². The molecule has 0 saturated heterocycles. The maximum Gasteiger partial charge on any atom is 1.07 e. The van der Waals surface area contributed by atoms with Crippen molar-refractivity contribution in [3.05, 3.63) is 167 Å². The molecule has 0 bridgehead atoms. The molecule has 59 heavy (non-hydrogen) atoms. The summed E-state index contributed by atoms with van der Waals surface area (Å²) in [6.07, 6.45) is 6.87. The second-order valence-electron chi connectivity index (χ2n) is 13.8. The third kappa shape index (κ3) is 7.46. The van der Waals surface area contributed by atoms with Crippen LogP contribution in [0.15, 0.2) is 162 Å². The van der Waals surface area contributed by atoms with Gasteiger partial charge in [0.25, 0.3) is 0 Å². The molecular weight excluding hydrogens is 774 g/mol. The quantitative estimate of drug-likeness (QED) is 0.159. The van der Waals surface area contributed by atoms with Gasteiger partial charge in [-0.15, -0.1) is 0 Å². The summed E-state index contributed by atoms with van der Waals surface area (Å²) in [6.45, 7) is 4.00. The van der Waals surface area contributed by atoms with Crippen LogP contribution in [0.4, 0.5) is 23.1 Å². The summed E-state index contributed by atoms with van der Waals surface area (Å²) in [5.41, 5.74) is 7.37. The zero-order valence-electron chi connectivity index (χ0n) is 31.8. The van der Waals surface area contributed by atoms with Crippen molar-refractivity contribution in [3.63, 3.8) is 0 Å². The van der Waals surface area contributed by atoms with Crippen molar-refractivity contribution in [2.24, 2.45) is 20.0 Å². The molecule has 11 nitrogen and oxygen atoms in total. The zero-order chi connectivity index (χ0) is 39.7. The number of fused-ring (bicyclic) bond motifs is 10. The lowest BCUT2D eigenvalue weighted by Gasteiger charge is -2.22. The Labute approximate surface area is 349 Å². The van der Waals surface area contributed by atoms with Crippen LogP contribution >= 0.6 is 0 Å². The second kappa shape index (κ2) is 15.9. The highest BCUT2D eigenvalue weighted by molar-refractivity contribution is 6.54. The largest absolute Gasteiger partial charge is 1.07 e. The van der Waals surface area contributed by atoms with Crippen molar-refractivity contribution < 1.29 is 26.8 Å². The zero-order valence-corrected chi connectivity index (χ0v) is 34.1. The topological polar surface area (TPSA) is 122 Å². The summed E-state index contributed by atoms with van der Waals surface area (Å²) >= 11 is -6.52. The van der Waals surface area contributed by atoms with Gasteiger partial charge in [-0.2, -0.15) is 0 Å². The molecule has 0 atom stereocenters. The third-order valence-corrected chi connectivity index (χ3v) is 13.4. The van der Waals surface area contributed by atoms with Crippen LogP contribution in [0.3, 0.4) is 0 Å². The van der Waals surface area contributed by atoms with E-state index in [-0.39, 0.29) is 0 Å². The Kier molecular flexibility index (Phi) is 9.88. The van der Waals surface area contributed by atoms with Crippen molar-refractivity contribution in [3.8, 4) is 23.0 Å². The summed E-state index contributed by atoms with van der Waals surface area (Å²) in [4.78, 5) is 19.4. The lowest BCUT2D eigenvalue weighted by Crippen LogP contribution is -2.46. The maximum absolute atomic E-state index is 6.84. The molecule has 0 radical (unpaired) electrons. The van der Waals surface area contributed by atoms with Crippen LogP contribution in [-0.2, 0) is 2.84 Å². The molecule has 0 aliphatic carbocycles. The molecule has 284 valence electrons. The fourth-order valence-electron chi connectivity index (χ4n) is 6.86. The Hall–Kier alpha value is -6.70. The van der Waals surface area contributed by atoms with Crippen molar-refractivity contribution >= 4 is 100 Å². The van der Waals surface area contributed by atoms with Crippen LogP contribution in [-0.4, -0.2) is 55.2 Å². The Morgan fingerprint density at radius 1 is 0.390 bits per heavy atom. The monoisotopic (exact) mass is 806 g/mol. The van der Waals surface area contributed by atoms with E-state index in [2.05, 4.69) is 0 Å². The van der Waals surface area contributed by atoms with Crippen molar-refractivity contribution in [1.82, 2.24) is 0 Å². The molecule has 4 heterocycles. The van der Waals surface area contributed by atoms with Gasteiger partial charge in [0.15, 0.2) is 0 Å². The van der Waals surface area contributed by atoms with E-state index in [4.69, 9.17) is 46.8 Å². The third-order valence-electron chi connectivity index (χ3n) is 9.83. The van der Waals surface area contributed by atoms with Crippen LogP contribution < -0.4 is 15.2 Å². The maximum atomic E-state index is 6.84. The predicted octanol–water partition coefficient (Wildman–Crippen LogP) is 11.0. The Morgan fingerprint density at radius 2 is 0.729 bits per heavy atom. The number of benzene rings is 6. The van der Waals surface area contributed by atoms with Gasteiger partial charge in [-0.1, -0.05) is 72.8 Å². The number of rotatable bonds is 2. The average Bonchev–Trinajstić information content (AvgIpc) is 3.80. The molecule has 0 amide bonds. The van der Waals surface area contributed by atoms with E-state index in [0.717, 1.165) is 33.1 Å². The number of aliphatic imine (C=N–C) groups is 4. The van der Waals surface area contributed by atoms with Crippen molar-refractivity contribution in [2.75, 3.05) is 0 Å². The molecule has 0 N–H and O–H groups in total. The predicted molar refractivity (Wildman–Crippen MR) is 232 cm³/mol.